The molecule has 1 fully saturated rings. The van der Waals surface area contributed by atoms with Crippen molar-refractivity contribution in [2.24, 2.45) is 0 Å². The molecule has 4 rings (SSSR count). The molecule has 190 valence electrons. The highest BCUT2D eigenvalue weighted by Crippen LogP contribution is 2.28. The van der Waals surface area contributed by atoms with E-state index in [9.17, 15) is 9.59 Å². The average Bonchev–Trinajstić information content (AvgIpc) is 3.33. The van der Waals surface area contributed by atoms with Gasteiger partial charge in [-0.2, -0.15) is 0 Å². The van der Waals surface area contributed by atoms with Crippen LogP contribution in [-0.2, 0) is 6.61 Å². The quantitative estimate of drug-likeness (QED) is 0.329. The third-order valence-electron chi connectivity index (χ3n) is 6.44. The molecule has 1 aliphatic rings. The van der Waals surface area contributed by atoms with Gasteiger partial charge in [-0.25, -0.2) is 4.98 Å². The Hall–Kier alpha value is -2.71. The molecule has 36 heavy (non-hydrogen) atoms. The van der Waals surface area contributed by atoms with Crippen molar-refractivity contribution in [1.29, 1.82) is 0 Å². The Morgan fingerprint density at radius 1 is 1.06 bits per heavy atom. The molecule has 1 aromatic heterocycles. The van der Waals surface area contributed by atoms with Crippen LogP contribution < -0.4 is 15.4 Å². The van der Waals surface area contributed by atoms with E-state index in [2.05, 4.69) is 57.5 Å². The van der Waals surface area contributed by atoms with E-state index in [-0.39, 0.29) is 23.9 Å². The first-order valence-electron chi connectivity index (χ1n) is 12.3. The summed E-state index contributed by atoms with van der Waals surface area (Å²) in [6.45, 7) is 6.68. The number of carbonyl (C=O) groups is 2. The third kappa shape index (κ3) is 6.73. The van der Waals surface area contributed by atoms with Gasteiger partial charge in [0.15, 0.2) is 0 Å². The van der Waals surface area contributed by atoms with Crippen LogP contribution in [-0.4, -0.2) is 28.9 Å². The van der Waals surface area contributed by atoms with Crippen LogP contribution >= 0.6 is 27.3 Å². The maximum atomic E-state index is 12.8. The summed E-state index contributed by atoms with van der Waals surface area (Å²) in [7, 11) is 0. The normalized spacial score (nSPS) is 17.6. The number of hydrogen-bond acceptors (Lipinski definition) is 5. The predicted molar refractivity (Wildman–Crippen MR) is 147 cm³/mol. The van der Waals surface area contributed by atoms with Gasteiger partial charge in [0.05, 0.1) is 5.56 Å². The van der Waals surface area contributed by atoms with E-state index in [1.807, 2.05) is 37.3 Å². The molecule has 0 bridgehead atoms. The molecule has 0 atom stereocenters. The highest BCUT2D eigenvalue weighted by atomic mass is 79.9. The van der Waals surface area contributed by atoms with Crippen molar-refractivity contribution < 1.29 is 14.3 Å². The van der Waals surface area contributed by atoms with Gasteiger partial charge in [0.25, 0.3) is 11.8 Å². The van der Waals surface area contributed by atoms with Crippen LogP contribution in [0.25, 0.3) is 0 Å². The summed E-state index contributed by atoms with van der Waals surface area (Å²) in [5.74, 6) is 1.01. The Balaban J connectivity index is 1.25. The van der Waals surface area contributed by atoms with E-state index >= 15 is 0 Å². The summed E-state index contributed by atoms with van der Waals surface area (Å²) in [5, 5.41) is 8.79. The molecule has 1 aliphatic carbocycles. The summed E-state index contributed by atoms with van der Waals surface area (Å²) in [4.78, 5) is 29.9. The fourth-order valence-corrected chi connectivity index (χ4v) is 5.56. The summed E-state index contributed by atoms with van der Waals surface area (Å²) < 4.78 is 6.86. The Morgan fingerprint density at radius 2 is 1.72 bits per heavy atom. The molecule has 1 heterocycles. The molecule has 2 aromatic carbocycles. The summed E-state index contributed by atoms with van der Waals surface area (Å²) in [5.41, 5.74) is 3.38. The molecule has 0 unspecified atom stereocenters. The number of thiazole rings is 1. The lowest BCUT2D eigenvalue weighted by Gasteiger charge is -2.29. The zero-order valence-electron chi connectivity index (χ0n) is 20.8. The lowest BCUT2D eigenvalue weighted by Crippen LogP contribution is -2.44. The van der Waals surface area contributed by atoms with E-state index in [0.717, 1.165) is 46.5 Å². The van der Waals surface area contributed by atoms with E-state index in [1.54, 1.807) is 5.38 Å². The maximum Gasteiger partial charge on any atom is 0.270 e. The van der Waals surface area contributed by atoms with Gasteiger partial charge in [0.2, 0.25) is 0 Å². The number of amides is 2. The first kappa shape index (κ1) is 26.4. The van der Waals surface area contributed by atoms with E-state index in [4.69, 9.17) is 4.74 Å². The number of nitrogens with zero attached hydrogens (tertiary/aromatic N) is 1. The number of nitrogens with one attached hydrogen (secondary N) is 2. The molecular weight excluding hydrogens is 538 g/mol. The lowest BCUT2D eigenvalue weighted by molar-refractivity contribution is 0.0889. The Bertz CT molecular complexity index is 1220. The SMILES string of the molecule is Cc1ccc(C(C)C)c(OCc2nc(C(=O)NC3CCC(NC(=O)c4ccccc4Br)CC3)cs2)c1. The first-order chi connectivity index (χ1) is 17.3. The molecule has 3 aromatic rings. The van der Waals surface area contributed by atoms with Crippen molar-refractivity contribution in [3.63, 3.8) is 0 Å². The molecule has 0 radical (unpaired) electrons. The summed E-state index contributed by atoms with van der Waals surface area (Å²) in [6.07, 6.45) is 3.29. The van der Waals surface area contributed by atoms with Crippen molar-refractivity contribution >= 4 is 39.1 Å². The number of ether oxygens (including phenoxy) is 1. The zero-order valence-corrected chi connectivity index (χ0v) is 23.2. The minimum absolute atomic E-state index is 0.0710. The largest absolute Gasteiger partial charge is 0.486 e. The van der Waals surface area contributed by atoms with Crippen LogP contribution in [0.2, 0.25) is 0 Å². The van der Waals surface area contributed by atoms with Crippen LogP contribution in [0.5, 0.6) is 5.75 Å². The molecule has 2 amide bonds. The highest BCUT2D eigenvalue weighted by Gasteiger charge is 2.25. The van der Waals surface area contributed by atoms with Gasteiger partial charge in [0, 0.05) is 21.9 Å². The summed E-state index contributed by atoms with van der Waals surface area (Å²) >= 11 is 4.87. The molecule has 0 aliphatic heterocycles. The third-order valence-corrected chi connectivity index (χ3v) is 7.96. The van der Waals surface area contributed by atoms with Crippen LogP contribution in [0.3, 0.4) is 0 Å². The topological polar surface area (TPSA) is 80.3 Å². The van der Waals surface area contributed by atoms with Gasteiger partial charge >= 0.3 is 0 Å². The number of benzene rings is 2. The van der Waals surface area contributed by atoms with Crippen LogP contribution in [0.4, 0.5) is 0 Å². The second-order valence-electron chi connectivity index (χ2n) is 9.59. The van der Waals surface area contributed by atoms with E-state index in [0.29, 0.717) is 23.8 Å². The second-order valence-corrected chi connectivity index (χ2v) is 11.4. The molecule has 1 saturated carbocycles. The van der Waals surface area contributed by atoms with Gasteiger partial charge in [-0.05, 0) is 83.8 Å². The molecule has 8 heteroatoms. The molecule has 2 N–H and O–H groups in total. The second kappa shape index (κ2) is 12.0. The molecule has 0 saturated heterocycles. The van der Waals surface area contributed by atoms with Crippen molar-refractivity contribution in [3.8, 4) is 5.75 Å². The Labute approximate surface area is 225 Å². The minimum Gasteiger partial charge on any atom is -0.486 e. The van der Waals surface area contributed by atoms with Crippen molar-refractivity contribution in [2.45, 2.75) is 71.1 Å². The number of carbonyl (C=O) groups excluding carboxylic acids is 2. The fourth-order valence-electron chi connectivity index (χ4n) is 4.41. The lowest BCUT2D eigenvalue weighted by atomic mass is 9.91. The molecule has 0 spiro atoms. The van der Waals surface area contributed by atoms with Crippen molar-refractivity contribution in [1.82, 2.24) is 15.6 Å². The number of rotatable bonds is 8. The highest BCUT2D eigenvalue weighted by molar-refractivity contribution is 9.10. The van der Waals surface area contributed by atoms with E-state index < -0.39 is 0 Å². The molecule has 6 nitrogen and oxygen atoms in total. The smallest absolute Gasteiger partial charge is 0.270 e. The molecular formula is C28H32BrN3O3S. The fraction of sp³-hybridized carbons (Fsp3) is 0.393. The van der Waals surface area contributed by atoms with Gasteiger partial charge < -0.3 is 15.4 Å². The van der Waals surface area contributed by atoms with Crippen LogP contribution in [0.1, 0.15) is 82.4 Å². The number of hydrogen-bond donors (Lipinski definition) is 2. The van der Waals surface area contributed by atoms with Gasteiger partial charge in [-0.1, -0.05) is 38.1 Å². The van der Waals surface area contributed by atoms with Gasteiger partial charge in [-0.15, -0.1) is 11.3 Å². The van der Waals surface area contributed by atoms with E-state index in [1.165, 1.54) is 16.9 Å². The van der Waals surface area contributed by atoms with Crippen LogP contribution in [0.15, 0.2) is 52.3 Å². The number of aromatic nitrogens is 1. The Kier molecular flexibility index (Phi) is 8.80. The van der Waals surface area contributed by atoms with Gasteiger partial charge in [0.1, 0.15) is 23.1 Å². The van der Waals surface area contributed by atoms with Crippen molar-refractivity contribution in [3.05, 3.63) is 79.7 Å². The van der Waals surface area contributed by atoms with Gasteiger partial charge in [-0.3, -0.25) is 9.59 Å². The maximum absolute atomic E-state index is 12.8. The minimum atomic E-state index is -0.156. The average molecular weight is 571 g/mol. The standard InChI is InChI=1S/C28H32BrN3O3S/c1-17(2)21-13-8-18(3)14-25(21)35-15-26-32-24(16-36-26)28(34)31-20-11-9-19(10-12-20)30-27(33)22-6-4-5-7-23(22)29/h4-8,13-14,16-17,19-20H,9-12,15H2,1-3H3,(H,30,33)(H,31,34). The number of halogens is 1. The van der Waals surface area contributed by atoms with Crippen molar-refractivity contribution in [2.75, 3.05) is 0 Å². The Morgan fingerprint density at radius 3 is 2.39 bits per heavy atom. The first-order valence-corrected chi connectivity index (χ1v) is 14.0. The summed E-state index contributed by atoms with van der Waals surface area (Å²) in [6, 6.07) is 13.9. The zero-order chi connectivity index (χ0) is 25.7. The predicted octanol–water partition coefficient (Wildman–Crippen LogP) is 6.39. The van der Waals surface area contributed by atoms with Crippen LogP contribution in [0, 0.1) is 6.92 Å². The number of aryl methyl sites for hydroxylation is 1. The monoisotopic (exact) mass is 569 g/mol.